The first-order valence-corrected chi connectivity index (χ1v) is 9.05. The minimum absolute atomic E-state index is 0.0743. The van der Waals surface area contributed by atoms with Crippen molar-refractivity contribution in [2.45, 2.75) is 25.8 Å². The largest absolute Gasteiger partial charge is 0.473 e. The van der Waals surface area contributed by atoms with Gasteiger partial charge in [-0.25, -0.2) is 9.59 Å². The second-order valence-electron chi connectivity index (χ2n) is 6.43. The summed E-state index contributed by atoms with van der Waals surface area (Å²) in [7, 11) is 0. The van der Waals surface area contributed by atoms with Crippen LogP contribution in [0.5, 0.6) is 0 Å². The Kier molecular flexibility index (Phi) is 7.71. The van der Waals surface area contributed by atoms with Gasteiger partial charge in [-0.2, -0.15) is 0 Å². The zero-order valence-corrected chi connectivity index (χ0v) is 15.7. The van der Waals surface area contributed by atoms with Crippen LogP contribution in [0.2, 0.25) is 0 Å². The summed E-state index contributed by atoms with van der Waals surface area (Å²) in [4.78, 5) is 33.0. The first kappa shape index (κ1) is 21.1. The summed E-state index contributed by atoms with van der Waals surface area (Å²) in [5.41, 5.74) is 3.06. The zero-order valence-electron chi connectivity index (χ0n) is 15.7. The Hall–Kier alpha value is -3.19. The molecule has 7 nitrogen and oxygen atoms in total. The molecular weight excluding hydrogens is 360 g/mol. The lowest BCUT2D eigenvalue weighted by Gasteiger charge is -2.23. The lowest BCUT2D eigenvalue weighted by molar-refractivity contribution is -0.159. The Morgan fingerprint density at radius 1 is 0.893 bits per heavy atom. The van der Waals surface area contributed by atoms with Crippen molar-refractivity contribution in [2.24, 2.45) is 0 Å². The van der Waals surface area contributed by atoms with Crippen LogP contribution in [0.25, 0.3) is 11.1 Å². The maximum atomic E-state index is 12.5. The number of nitrogens with one attached hydrogen (secondary N) is 1. The summed E-state index contributed by atoms with van der Waals surface area (Å²) in [5.74, 6) is -3.57. The molecule has 1 saturated heterocycles. The number of carboxylic acids is 2. The quantitative estimate of drug-likeness (QED) is 0.700. The van der Waals surface area contributed by atoms with E-state index in [9.17, 15) is 4.79 Å². The molecule has 0 aliphatic carbocycles. The van der Waals surface area contributed by atoms with Gasteiger partial charge in [0.05, 0.1) is 6.04 Å². The number of aliphatic carboxylic acids is 2. The topological polar surface area (TPSA) is 107 Å². The van der Waals surface area contributed by atoms with Gasteiger partial charge in [-0.3, -0.25) is 9.69 Å². The van der Waals surface area contributed by atoms with E-state index < -0.39 is 11.9 Å². The van der Waals surface area contributed by atoms with Crippen molar-refractivity contribution >= 4 is 23.5 Å². The Morgan fingerprint density at radius 3 is 2.00 bits per heavy atom. The lowest BCUT2D eigenvalue weighted by Crippen LogP contribution is -2.40. The molecule has 2 aromatic carbocycles. The van der Waals surface area contributed by atoms with E-state index in [1.807, 2.05) is 49.4 Å². The molecule has 148 valence electrons. The Balaban J connectivity index is 0.000000409. The molecule has 0 radical (unpaired) electrons. The van der Waals surface area contributed by atoms with Gasteiger partial charge >= 0.3 is 11.9 Å². The van der Waals surface area contributed by atoms with Crippen molar-refractivity contribution in [1.82, 2.24) is 4.90 Å². The summed E-state index contributed by atoms with van der Waals surface area (Å²) in [5, 5.41) is 17.9. The number of carboxylic acid groups (broad SMARTS) is 2. The van der Waals surface area contributed by atoms with Crippen molar-refractivity contribution in [3.05, 3.63) is 54.6 Å². The van der Waals surface area contributed by atoms with Gasteiger partial charge in [-0.05, 0) is 44.5 Å². The second-order valence-corrected chi connectivity index (χ2v) is 6.43. The molecule has 1 aliphatic heterocycles. The van der Waals surface area contributed by atoms with Gasteiger partial charge in [0.2, 0.25) is 5.91 Å². The predicted octanol–water partition coefficient (Wildman–Crippen LogP) is 2.93. The third-order valence-electron chi connectivity index (χ3n) is 4.52. The van der Waals surface area contributed by atoms with Crippen LogP contribution in [0.15, 0.2) is 54.6 Å². The molecule has 28 heavy (non-hydrogen) atoms. The maximum Gasteiger partial charge on any atom is 0.414 e. The first-order chi connectivity index (χ1) is 13.4. The Morgan fingerprint density at radius 2 is 1.43 bits per heavy atom. The van der Waals surface area contributed by atoms with Crippen LogP contribution in [0.3, 0.4) is 0 Å². The zero-order chi connectivity index (χ0) is 20.5. The summed E-state index contributed by atoms with van der Waals surface area (Å²) in [6.45, 7) is 4.04. The number of para-hydroxylation sites is 1. The third-order valence-corrected chi connectivity index (χ3v) is 4.52. The molecule has 2 aromatic rings. The molecule has 1 aliphatic rings. The van der Waals surface area contributed by atoms with Crippen LogP contribution in [-0.4, -0.2) is 52.1 Å². The minimum atomic E-state index is -1.82. The number of amides is 1. The van der Waals surface area contributed by atoms with E-state index in [2.05, 4.69) is 22.3 Å². The van der Waals surface area contributed by atoms with Crippen molar-refractivity contribution in [1.29, 1.82) is 0 Å². The number of rotatable bonds is 4. The number of nitrogens with zero attached hydrogens (tertiary/aromatic N) is 1. The summed E-state index contributed by atoms with van der Waals surface area (Å²) < 4.78 is 0. The van der Waals surface area contributed by atoms with Crippen molar-refractivity contribution in [2.75, 3.05) is 18.4 Å². The first-order valence-electron chi connectivity index (χ1n) is 9.05. The molecule has 3 N–H and O–H groups in total. The third kappa shape index (κ3) is 5.92. The highest BCUT2D eigenvalue weighted by Gasteiger charge is 2.24. The molecule has 1 atom stereocenters. The number of carbonyl (C=O) groups is 3. The molecule has 7 heteroatoms. The van der Waals surface area contributed by atoms with Crippen LogP contribution >= 0.6 is 0 Å². The molecular formula is C21H24N2O5. The smallest absolute Gasteiger partial charge is 0.414 e. The molecule has 0 bridgehead atoms. The monoisotopic (exact) mass is 384 g/mol. The lowest BCUT2D eigenvalue weighted by atomic mass is 10.0. The van der Waals surface area contributed by atoms with Gasteiger partial charge in [0, 0.05) is 11.3 Å². The van der Waals surface area contributed by atoms with Crippen LogP contribution in [0.4, 0.5) is 5.69 Å². The molecule has 3 rings (SSSR count). The van der Waals surface area contributed by atoms with E-state index in [4.69, 9.17) is 19.8 Å². The summed E-state index contributed by atoms with van der Waals surface area (Å²) in [6, 6.07) is 18.1. The average molecular weight is 384 g/mol. The molecule has 1 heterocycles. The number of benzene rings is 2. The molecule has 0 saturated carbocycles. The van der Waals surface area contributed by atoms with Crippen molar-refractivity contribution < 1.29 is 24.6 Å². The van der Waals surface area contributed by atoms with Gasteiger partial charge in [0.1, 0.15) is 0 Å². The van der Waals surface area contributed by atoms with Crippen LogP contribution in [0.1, 0.15) is 19.8 Å². The Bertz CT molecular complexity index is 805. The molecule has 1 amide bonds. The van der Waals surface area contributed by atoms with E-state index >= 15 is 0 Å². The van der Waals surface area contributed by atoms with Gasteiger partial charge in [-0.15, -0.1) is 0 Å². The standard InChI is InChI=1S/C19H22N2O.C2H2O4/c1-15(21-13-7-8-14-21)19(22)20-18-12-6-5-11-17(18)16-9-3-2-4-10-16;3-1(4)2(5)6/h2-6,9-12,15H,7-8,13-14H2,1H3,(H,20,22);(H,3,4)(H,5,6). The minimum Gasteiger partial charge on any atom is -0.473 e. The van der Waals surface area contributed by atoms with Gasteiger partial charge < -0.3 is 15.5 Å². The van der Waals surface area contributed by atoms with Gasteiger partial charge in [-0.1, -0.05) is 48.5 Å². The highest BCUT2D eigenvalue weighted by Crippen LogP contribution is 2.28. The van der Waals surface area contributed by atoms with E-state index in [1.54, 1.807) is 0 Å². The van der Waals surface area contributed by atoms with Gasteiger partial charge in [0.15, 0.2) is 0 Å². The number of hydrogen-bond donors (Lipinski definition) is 3. The van der Waals surface area contributed by atoms with Crippen LogP contribution in [0, 0.1) is 0 Å². The summed E-state index contributed by atoms with van der Waals surface area (Å²) >= 11 is 0. The predicted molar refractivity (Wildman–Crippen MR) is 106 cm³/mol. The Labute approximate surface area is 163 Å². The van der Waals surface area contributed by atoms with E-state index in [-0.39, 0.29) is 11.9 Å². The van der Waals surface area contributed by atoms with Gasteiger partial charge in [0.25, 0.3) is 0 Å². The van der Waals surface area contributed by atoms with E-state index in [0.717, 1.165) is 29.9 Å². The normalized spacial score (nSPS) is 14.5. The van der Waals surface area contributed by atoms with Crippen LogP contribution in [-0.2, 0) is 14.4 Å². The fourth-order valence-electron chi connectivity index (χ4n) is 2.99. The fraction of sp³-hybridized carbons (Fsp3) is 0.286. The highest BCUT2D eigenvalue weighted by atomic mass is 16.4. The van der Waals surface area contributed by atoms with Crippen molar-refractivity contribution in [3.63, 3.8) is 0 Å². The number of carbonyl (C=O) groups excluding carboxylic acids is 1. The number of hydrogen-bond acceptors (Lipinski definition) is 4. The maximum absolute atomic E-state index is 12.5. The fourth-order valence-corrected chi connectivity index (χ4v) is 2.99. The highest BCUT2D eigenvalue weighted by molar-refractivity contribution is 6.27. The number of anilines is 1. The second kappa shape index (κ2) is 10.2. The number of likely N-dealkylation sites (tertiary alicyclic amines) is 1. The van der Waals surface area contributed by atoms with E-state index in [0.29, 0.717) is 0 Å². The van der Waals surface area contributed by atoms with Crippen LogP contribution < -0.4 is 5.32 Å². The molecule has 1 unspecified atom stereocenters. The van der Waals surface area contributed by atoms with Crippen molar-refractivity contribution in [3.8, 4) is 11.1 Å². The van der Waals surface area contributed by atoms with E-state index in [1.165, 1.54) is 12.8 Å². The molecule has 0 aromatic heterocycles. The average Bonchev–Trinajstić information content (AvgIpc) is 3.23. The summed E-state index contributed by atoms with van der Waals surface area (Å²) in [6.07, 6.45) is 2.39. The molecule has 1 fully saturated rings. The SMILES string of the molecule is CC(C(=O)Nc1ccccc1-c1ccccc1)N1CCCC1.O=C(O)C(=O)O. The molecule has 0 spiro atoms.